The second-order valence-electron chi connectivity index (χ2n) is 6.11. The standard InChI is InChI=1S/C20H23N3/c21-14-17-7-6-8-18(13-17)15-22-16-20(23-11-4-5-12-23)19-9-2-1-3-10-19/h1-3,6-10,13,20,22H,4-5,11-12,15-16H2. The van der Waals surface area contributed by atoms with Gasteiger partial charge in [-0.15, -0.1) is 0 Å². The Balaban J connectivity index is 1.63. The molecule has 3 rings (SSSR count). The minimum absolute atomic E-state index is 0.429. The van der Waals surface area contributed by atoms with Crippen LogP contribution in [0.3, 0.4) is 0 Å². The third-order valence-electron chi connectivity index (χ3n) is 4.49. The number of hydrogen-bond acceptors (Lipinski definition) is 3. The lowest BCUT2D eigenvalue weighted by Gasteiger charge is -2.28. The molecule has 3 nitrogen and oxygen atoms in total. The summed E-state index contributed by atoms with van der Waals surface area (Å²) in [5, 5.41) is 12.6. The van der Waals surface area contributed by atoms with Crippen LogP contribution in [0.2, 0.25) is 0 Å². The Bertz CT molecular complexity index is 654. The molecule has 1 aliphatic heterocycles. The fraction of sp³-hybridized carbons (Fsp3) is 0.350. The van der Waals surface area contributed by atoms with Crippen LogP contribution in [0.4, 0.5) is 0 Å². The summed E-state index contributed by atoms with van der Waals surface area (Å²) in [7, 11) is 0. The molecule has 0 aliphatic carbocycles. The number of likely N-dealkylation sites (tertiary alicyclic amines) is 1. The highest BCUT2D eigenvalue weighted by Crippen LogP contribution is 2.24. The van der Waals surface area contributed by atoms with Crippen molar-refractivity contribution in [3.8, 4) is 6.07 Å². The van der Waals surface area contributed by atoms with Gasteiger partial charge in [0.2, 0.25) is 0 Å². The van der Waals surface area contributed by atoms with Crippen molar-refractivity contribution in [1.82, 2.24) is 10.2 Å². The summed E-state index contributed by atoms with van der Waals surface area (Å²) in [4.78, 5) is 2.58. The lowest BCUT2D eigenvalue weighted by molar-refractivity contribution is 0.238. The summed E-state index contributed by atoms with van der Waals surface area (Å²) in [6, 6.07) is 21.2. The molecule has 1 N–H and O–H groups in total. The smallest absolute Gasteiger partial charge is 0.0991 e. The lowest BCUT2D eigenvalue weighted by Crippen LogP contribution is -2.34. The maximum absolute atomic E-state index is 8.99. The van der Waals surface area contributed by atoms with Gasteiger partial charge in [-0.2, -0.15) is 5.26 Å². The molecule has 118 valence electrons. The summed E-state index contributed by atoms with van der Waals surface area (Å²) in [5.41, 5.74) is 3.27. The van der Waals surface area contributed by atoms with Crippen LogP contribution in [-0.4, -0.2) is 24.5 Å². The van der Waals surface area contributed by atoms with Crippen molar-refractivity contribution < 1.29 is 0 Å². The van der Waals surface area contributed by atoms with E-state index in [0.717, 1.165) is 24.2 Å². The van der Waals surface area contributed by atoms with Crippen LogP contribution < -0.4 is 5.32 Å². The van der Waals surface area contributed by atoms with E-state index in [4.69, 9.17) is 5.26 Å². The first-order valence-corrected chi connectivity index (χ1v) is 8.35. The molecule has 1 aliphatic rings. The van der Waals surface area contributed by atoms with Crippen molar-refractivity contribution >= 4 is 0 Å². The largest absolute Gasteiger partial charge is 0.311 e. The summed E-state index contributed by atoms with van der Waals surface area (Å²) < 4.78 is 0. The van der Waals surface area contributed by atoms with Crippen molar-refractivity contribution in [1.29, 1.82) is 5.26 Å². The van der Waals surface area contributed by atoms with Crippen LogP contribution in [0.25, 0.3) is 0 Å². The van der Waals surface area contributed by atoms with Crippen LogP contribution in [0.15, 0.2) is 54.6 Å². The van der Waals surface area contributed by atoms with E-state index in [9.17, 15) is 0 Å². The Morgan fingerprint density at radius 3 is 2.57 bits per heavy atom. The van der Waals surface area contributed by atoms with Gasteiger partial charge < -0.3 is 5.32 Å². The molecule has 1 heterocycles. The number of nitriles is 1. The second-order valence-corrected chi connectivity index (χ2v) is 6.11. The van der Waals surface area contributed by atoms with Crippen LogP contribution >= 0.6 is 0 Å². The molecule has 1 saturated heterocycles. The lowest BCUT2D eigenvalue weighted by atomic mass is 10.1. The Kier molecular flexibility index (Phi) is 5.42. The fourth-order valence-electron chi connectivity index (χ4n) is 3.29. The average Bonchev–Trinajstić information content (AvgIpc) is 3.14. The molecule has 0 bridgehead atoms. The average molecular weight is 305 g/mol. The second kappa shape index (κ2) is 7.92. The van der Waals surface area contributed by atoms with Crippen molar-refractivity contribution in [3.05, 3.63) is 71.3 Å². The van der Waals surface area contributed by atoms with Gasteiger partial charge in [-0.1, -0.05) is 42.5 Å². The predicted octanol–water partition coefficient (Wildman–Crippen LogP) is 3.48. The van der Waals surface area contributed by atoms with Gasteiger partial charge in [0.1, 0.15) is 0 Å². The van der Waals surface area contributed by atoms with E-state index in [2.05, 4.69) is 52.7 Å². The highest BCUT2D eigenvalue weighted by molar-refractivity contribution is 5.32. The molecule has 2 aromatic rings. The molecule has 0 aromatic heterocycles. The highest BCUT2D eigenvalue weighted by atomic mass is 15.2. The van der Waals surface area contributed by atoms with Gasteiger partial charge >= 0.3 is 0 Å². The molecule has 0 spiro atoms. The van der Waals surface area contributed by atoms with Crippen LogP contribution in [0.1, 0.15) is 35.6 Å². The zero-order valence-corrected chi connectivity index (χ0v) is 13.4. The summed E-state index contributed by atoms with van der Waals surface area (Å²) in [6.45, 7) is 4.10. The number of nitrogens with one attached hydrogen (secondary N) is 1. The first kappa shape index (κ1) is 15.7. The van der Waals surface area contributed by atoms with Crippen LogP contribution in [0, 0.1) is 11.3 Å². The van der Waals surface area contributed by atoms with Gasteiger partial charge in [-0.25, -0.2) is 0 Å². The SMILES string of the molecule is N#Cc1cccc(CNCC(c2ccccc2)N2CCCC2)c1. The molecule has 3 heteroatoms. The van der Waals surface area contributed by atoms with Crippen molar-refractivity contribution in [2.75, 3.05) is 19.6 Å². The minimum Gasteiger partial charge on any atom is -0.311 e. The monoisotopic (exact) mass is 305 g/mol. The van der Waals surface area contributed by atoms with Crippen LogP contribution in [0.5, 0.6) is 0 Å². The maximum Gasteiger partial charge on any atom is 0.0991 e. The fourth-order valence-corrected chi connectivity index (χ4v) is 3.29. The molecule has 0 amide bonds. The zero-order valence-electron chi connectivity index (χ0n) is 13.4. The normalized spacial score (nSPS) is 16.1. The molecule has 2 aromatic carbocycles. The van der Waals surface area contributed by atoms with E-state index in [1.807, 2.05) is 18.2 Å². The summed E-state index contributed by atoms with van der Waals surface area (Å²) in [6.07, 6.45) is 2.60. The molecule has 0 saturated carbocycles. The zero-order chi connectivity index (χ0) is 15.9. The highest BCUT2D eigenvalue weighted by Gasteiger charge is 2.22. The van der Waals surface area contributed by atoms with Crippen molar-refractivity contribution in [3.63, 3.8) is 0 Å². The van der Waals surface area contributed by atoms with Gasteiger partial charge in [0.05, 0.1) is 11.6 Å². The van der Waals surface area contributed by atoms with Crippen molar-refractivity contribution in [2.24, 2.45) is 0 Å². The Hall–Kier alpha value is -2.15. The summed E-state index contributed by atoms with van der Waals surface area (Å²) >= 11 is 0. The molecule has 0 radical (unpaired) electrons. The molecule has 23 heavy (non-hydrogen) atoms. The Labute approximate surface area is 138 Å². The Morgan fingerprint density at radius 1 is 1.04 bits per heavy atom. The van der Waals surface area contributed by atoms with Gasteiger partial charge in [0.25, 0.3) is 0 Å². The Morgan fingerprint density at radius 2 is 1.83 bits per heavy atom. The maximum atomic E-state index is 8.99. The van der Waals surface area contributed by atoms with Gasteiger partial charge in [-0.05, 0) is 49.2 Å². The van der Waals surface area contributed by atoms with Crippen molar-refractivity contribution in [2.45, 2.75) is 25.4 Å². The van der Waals surface area contributed by atoms with Gasteiger partial charge in [0.15, 0.2) is 0 Å². The number of rotatable bonds is 6. The van der Waals surface area contributed by atoms with E-state index < -0.39 is 0 Å². The minimum atomic E-state index is 0.429. The van der Waals surface area contributed by atoms with E-state index in [-0.39, 0.29) is 0 Å². The third kappa shape index (κ3) is 4.19. The molecule has 1 atom stereocenters. The third-order valence-corrected chi connectivity index (χ3v) is 4.49. The molecular formula is C20H23N3. The van der Waals surface area contributed by atoms with Gasteiger partial charge in [0, 0.05) is 19.1 Å². The first-order valence-electron chi connectivity index (χ1n) is 8.35. The van der Waals surface area contributed by atoms with E-state index in [1.54, 1.807) is 0 Å². The number of nitrogens with zero attached hydrogens (tertiary/aromatic N) is 2. The summed E-state index contributed by atoms with van der Waals surface area (Å²) in [5.74, 6) is 0. The number of benzene rings is 2. The van der Waals surface area contributed by atoms with E-state index in [0.29, 0.717) is 6.04 Å². The number of hydrogen-bond donors (Lipinski definition) is 1. The molecular weight excluding hydrogens is 282 g/mol. The quantitative estimate of drug-likeness (QED) is 0.888. The topological polar surface area (TPSA) is 39.1 Å². The first-order chi connectivity index (χ1) is 11.4. The van der Waals surface area contributed by atoms with E-state index >= 15 is 0 Å². The molecule has 1 unspecified atom stereocenters. The van der Waals surface area contributed by atoms with Gasteiger partial charge in [-0.3, -0.25) is 4.90 Å². The predicted molar refractivity (Wildman–Crippen MR) is 92.9 cm³/mol. The molecule has 1 fully saturated rings. The van der Waals surface area contributed by atoms with Crippen LogP contribution in [-0.2, 0) is 6.54 Å². The van der Waals surface area contributed by atoms with E-state index in [1.165, 1.54) is 31.5 Å².